The molecule has 2 aromatic carbocycles. The van der Waals surface area contributed by atoms with Gasteiger partial charge in [0.15, 0.2) is 5.82 Å². The van der Waals surface area contributed by atoms with Gasteiger partial charge in [0.25, 0.3) is 0 Å². The molecule has 1 heterocycles. The van der Waals surface area contributed by atoms with Crippen LogP contribution >= 0.6 is 12.0 Å². The molecule has 0 bridgehead atoms. The van der Waals surface area contributed by atoms with Crippen molar-refractivity contribution in [1.29, 1.82) is 0 Å². The van der Waals surface area contributed by atoms with Gasteiger partial charge in [0, 0.05) is 17.4 Å². The Morgan fingerprint density at radius 1 is 1.11 bits per heavy atom. The predicted molar refractivity (Wildman–Crippen MR) is 84.2 cm³/mol. The first-order valence-corrected chi connectivity index (χ1v) is 8.16. The summed E-state index contributed by atoms with van der Waals surface area (Å²) in [6.07, 6.45) is -5.19. The zero-order valence-electron chi connectivity index (χ0n) is 14.2. The molecular weight excluding hydrogens is 418 g/mol. The van der Waals surface area contributed by atoms with Crippen molar-refractivity contribution in [2.45, 2.75) is 23.5 Å². The Bertz CT molecular complexity index is 851. The number of nitrogens with zero attached hydrogens (tertiary/aromatic N) is 2. The van der Waals surface area contributed by atoms with Crippen LogP contribution in [0.5, 0.6) is 0 Å². The van der Waals surface area contributed by atoms with Gasteiger partial charge in [-0.15, -0.1) is 0 Å². The van der Waals surface area contributed by atoms with E-state index < -0.39 is 36.0 Å². The number of hydrogen-bond acceptors (Lipinski definition) is 6. The summed E-state index contributed by atoms with van der Waals surface area (Å²) in [6.45, 7) is 0. The molecule has 1 aliphatic heterocycles. The SMILES string of the molecule is [Na+].[O-]OOSc1ccc(C2CC(C(F)(F)F)=NN2c2ccc(F)cc2F)cc1. The van der Waals surface area contributed by atoms with E-state index in [1.165, 1.54) is 24.3 Å². The van der Waals surface area contributed by atoms with E-state index in [9.17, 15) is 27.2 Å². The number of halogens is 5. The molecule has 2 aromatic rings. The van der Waals surface area contributed by atoms with Crippen LogP contribution < -0.4 is 39.8 Å². The summed E-state index contributed by atoms with van der Waals surface area (Å²) in [5.74, 6) is -1.88. The molecule has 5 nitrogen and oxygen atoms in total. The van der Waals surface area contributed by atoms with Gasteiger partial charge in [-0.05, 0) is 29.8 Å². The van der Waals surface area contributed by atoms with Crippen LogP contribution in [0.25, 0.3) is 0 Å². The van der Waals surface area contributed by atoms with E-state index in [1.807, 2.05) is 0 Å². The molecule has 3 rings (SSSR count). The van der Waals surface area contributed by atoms with Crippen LogP contribution in [0.2, 0.25) is 0 Å². The van der Waals surface area contributed by atoms with Crippen molar-refractivity contribution in [2.24, 2.45) is 5.10 Å². The van der Waals surface area contributed by atoms with Gasteiger partial charge < -0.3 is 5.26 Å². The maximum Gasteiger partial charge on any atom is 1.00 e. The maximum absolute atomic E-state index is 14.1. The third-order valence-electron chi connectivity index (χ3n) is 3.82. The third kappa shape index (κ3) is 5.23. The molecule has 28 heavy (non-hydrogen) atoms. The number of rotatable bonds is 5. The first-order valence-electron chi connectivity index (χ1n) is 7.41. The second kappa shape index (κ2) is 9.53. The Labute approximate surface area is 182 Å². The normalized spacial score (nSPS) is 16.7. The number of alkyl halides is 3. The van der Waals surface area contributed by atoms with Crippen molar-refractivity contribution in [3.63, 3.8) is 0 Å². The van der Waals surface area contributed by atoms with Crippen LogP contribution in [0.3, 0.4) is 0 Å². The molecule has 0 N–H and O–H groups in total. The van der Waals surface area contributed by atoms with Crippen molar-refractivity contribution >= 4 is 23.4 Å². The Kier molecular flexibility index (Phi) is 7.85. The summed E-state index contributed by atoms with van der Waals surface area (Å²) in [5.41, 5.74) is -0.936. The average molecular weight is 428 g/mol. The topological polar surface area (TPSA) is 57.1 Å². The fraction of sp³-hybridized carbons (Fsp3) is 0.188. The molecule has 0 aromatic heterocycles. The standard InChI is InChI=1S/C16H11F5N2O3S.Na/c17-10-3-6-13(12(18)7-10)23-14(8-15(22-23)16(19,20)21)9-1-4-11(5-2-9)27-26-25-24;/h1-7,14,24H,8H2;/q;+1/p-1. The quantitative estimate of drug-likeness (QED) is 0.235. The number of anilines is 1. The number of hydrazone groups is 1. The molecule has 0 saturated heterocycles. The van der Waals surface area contributed by atoms with Crippen LogP contribution in [0.15, 0.2) is 52.5 Å². The van der Waals surface area contributed by atoms with E-state index in [2.05, 4.69) is 14.5 Å². The molecule has 0 fully saturated rings. The first kappa shape index (κ1) is 23.1. The molecule has 1 atom stereocenters. The average Bonchev–Trinajstić information content (AvgIpc) is 3.06. The maximum atomic E-state index is 14.1. The molecule has 0 aliphatic carbocycles. The molecule has 144 valence electrons. The molecule has 0 spiro atoms. The predicted octanol–water partition coefficient (Wildman–Crippen LogP) is 1.07. The van der Waals surface area contributed by atoms with Crippen LogP contribution in [-0.2, 0) is 9.37 Å². The van der Waals surface area contributed by atoms with Crippen molar-refractivity contribution in [1.82, 2.24) is 0 Å². The molecule has 12 heteroatoms. The Morgan fingerprint density at radius 3 is 2.36 bits per heavy atom. The van der Waals surface area contributed by atoms with E-state index in [0.717, 1.165) is 17.1 Å². The Morgan fingerprint density at radius 2 is 1.79 bits per heavy atom. The largest absolute Gasteiger partial charge is 1.00 e. The fourth-order valence-electron chi connectivity index (χ4n) is 2.63. The Hall–Kier alpha value is -1.21. The molecular formula is C16H10F5N2NaO3S. The summed E-state index contributed by atoms with van der Waals surface area (Å²) >= 11 is 0.619. The fourth-order valence-corrected chi connectivity index (χ4v) is 2.98. The molecule has 0 radical (unpaired) electrons. The Balaban J connectivity index is 0.00000280. The van der Waals surface area contributed by atoms with E-state index >= 15 is 0 Å². The summed E-state index contributed by atoms with van der Waals surface area (Å²) in [6, 6.07) is 7.56. The minimum absolute atomic E-state index is 0. The van der Waals surface area contributed by atoms with E-state index in [1.54, 1.807) is 0 Å². The summed E-state index contributed by atoms with van der Waals surface area (Å²) < 4.78 is 70.8. The summed E-state index contributed by atoms with van der Waals surface area (Å²) in [4.78, 5) is 0.462. The van der Waals surface area contributed by atoms with E-state index in [0.29, 0.717) is 28.6 Å². The van der Waals surface area contributed by atoms with Crippen molar-refractivity contribution in [3.8, 4) is 0 Å². The van der Waals surface area contributed by atoms with Crippen molar-refractivity contribution in [3.05, 3.63) is 59.7 Å². The smallest absolute Gasteiger partial charge is 0.691 e. The first-order chi connectivity index (χ1) is 12.8. The minimum Gasteiger partial charge on any atom is -0.691 e. The van der Waals surface area contributed by atoms with Crippen LogP contribution in [0, 0.1) is 11.6 Å². The van der Waals surface area contributed by atoms with Gasteiger partial charge in [-0.3, -0.25) is 10.0 Å². The zero-order chi connectivity index (χ0) is 19.6. The van der Waals surface area contributed by atoms with Crippen LogP contribution in [-0.4, -0.2) is 11.9 Å². The number of hydrogen-bond donors (Lipinski definition) is 0. The van der Waals surface area contributed by atoms with Gasteiger partial charge in [0.2, 0.25) is 0 Å². The van der Waals surface area contributed by atoms with E-state index in [-0.39, 0.29) is 35.2 Å². The second-order valence-corrected chi connectivity index (χ2v) is 6.27. The summed E-state index contributed by atoms with van der Waals surface area (Å²) in [7, 11) is 0. The molecule has 1 aliphatic rings. The van der Waals surface area contributed by atoms with Crippen LogP contribution in [0.4, 0.5) is 27.6 Å². The van der Waals surface area contributed by atoms with Gasteiger partial charge >= 0.3 is 35.7 Å². The van der Waals surface area contributed by atoms with Gasteiger partial charge in [0.1, 0.15) is 11.5 Å². The van der Waals surface area contributed by atoms with Crippen LogP contribution in [0.1, 0.15) is 18.0 Å². The zero-order valence-corrected chi connectivity index (χ0v) is 17.1. The molecule has 0 saturated carbocycles. The van der Waals surface area contributed by atoms with Gasteiger partial charge in [-0.2, -0.15) is 22.6 Å². The second-order valence-electron chi connectivity index (χ2n) is 5.49. The van der Waals surface area contributed by atoms with Gasteiger partial charge in [-0.25, -0.2) is 8.78 Å². The monoisotopic (exact) mass is 428 g/mol. The number of benzene rings is 2. The third-order valence-corrected chi connectivity index (χ3v) is 4.41. The summed E-state index contributed by atoms with van der Waals surface area (Å²) in [5, 5.41) is 17.5. The molecule has 0 amide bonds. The van der Waals surface area contributed by atoms with Gasteiger partial charge in [-0.1, -0.05) is 12.1 Å². The minimum atomic E-state index is -4.68. The molecule has 1 unspecified atom stereocenters. The van der Waals surface area contributed by atoms with Gasteiger partial charge in [0.05, 0.1) is 23.8 Å². The van der Waals surface area contributed by atoms with Crippen molar-refractivity contribution in [2.75, 3.05) is 5.01 Å². The van der Waals surface area contributed by atoms with Crippen molar-refractivity contribution < 1.29 is 66.1 Å². The van der Waals surface area contributed by atoms with E-state index in [4.69, 9.17) is 0 Å².